The van der Waals surface area contributed by atoms with Crippen LogP contribution in [-0.2, 0) is 0 Å². The fourth-order valence-corrected chi connectivity index (χ4v) is 0.926. The highest BCUT2D eigenvalue weighted by atomic mass is 35.5. The molecule has 0 aromatic heterocycles. The summed E-state index contributed by atoms with van der Waals surface area (Å²) in [5.74, 6) is -0.818. The maximum atomic E-state index is 13.1. The molecule has 0 spiro atoms. The van der Waals surface area contributed by atoms with E-state index in [1.165, 1.54) is 12.1 Å². The third-order valence-electron chi connectivity index (χ3n) is 1.59. The molecular weight excluding hydrogens is 231 g/mol. The van der Waals surface area contributed by atoms with Crippen molar-refractivity contribution in [3.63, 3.8) is 0 Å². The lowest BCUT2D eigenvalue weighted by Gasteiger charge is -2.07. The van der Waals surface area contributed by atoms with Crippen LogP contribution in [0.4, 0.5) is 18.9 Å². The van der Waals surface area contributed by atoms with Crippen LogP contribution >= 0.6 is 12.4 Å². The van der Waals surface area contributed by atoms with Gasteiger partial charge in [-0.3, -0.25) is 0 Å². The second-order valence-corrected chi connectivity index (χ2v) is 2.60. The van der Waals surface area contributed by atoms with Crippen molar-refractivity contribution in [2.24, 2.45) is 0 Å². The molecule has 0 aliphatic heterocycles. The number of ether oxygens (including phenoxy) is 1. The summed E-state index contributed by atoms with van der Waals surface area (Å²) >= 11 is 0. The van der Waals surface area contributed by atoms with Crippen LogP contribution < -0.4 is 10.1 Å². The van der Waals surface area contributed by atoms with Crippen LogP contribution in [0.1, 0.15) is 0 Å². The predicted molar refractivity (Wildman–Crippen MR) is 54.7 cm³/mol. The molecule has 0 fully saturated rings. The first kappa shape index (κ1) is 13.9. The van der Waals surface area contributed by atoms with Gasteiger partial charge in [0.15, 0.2) is 11.6 Å². The van der Waals surface area contributed by atoms with E-state index in [1.54, 1.807) is 13.1 Å². The summed E-state index contributed by atoms with van der Waals surface area (Å²) in [6.45, 7) is -0.796. The van der Waals surface area contributed by atoms with E-state index >= 15 is 0 Å². The summed E-state index contributed by atoms with van der Waals surface area (Å²) in [4.78, 5) is 0. The fraction of sp³-hybridized carbons (Fsp3) is 0.333. The number of benzene rings is 1. The van der Waals surface area contributed by atoms with Crippen LogP contribution in [-0.4, -0.2) is 20.1 Å². The number of hydrogen-bond acceptors (Lipinski definition) is 2. The van der Waals surface area contributed by atoms with Crippen molar-refractivity contribution < 1.29 is 17.9 Å². The van der Waals surface area contributed by atoms with E-state index in [0.29, 0.717) is 5.69 Å². The highest BCUT2D eigenvalue weighted by molar-refractivity contribution is 5.85. The van der Waals surface area contributed by atoms with Gasteiger partial charge in [-0.1, -0.05) is 0 Å². The Morgan fingerprint density at radius 1 is 1.40 bits per heavy atom. The number of nitrogens with one attached hydrogen (secondary N) is 1. The van der Waals surface area contributed by atoms with Crippen molar-refractivity contribution in [1.82, 2.24) is 0 Å². The van der Waals surface area contributed by atoms with Crippen molar-refractivity contribution in [2.45, 2.75) is 6.43 Å². The predicted octanol–water partition coefficient (Wildman–Crippen LogP) is 2.93. The van der Waals surface area contributed by atoms with Crippen LogP contribution in [0, 0.1) is 5.82 Å². The summed E-state index contributed by atoms with van der Waals surface area (Å²) in [7, 11) is 1.63. The molecule has 1 aromatic carbocycles. The number of alkyl halides is 2. The van der Waals surface area contributed by atoms with Gasteiger partial charge in [-0.15, -0.1) is 12.4 Å². The lowest BCUT2D eigenvalue weighted by molar-refractivity contribution is 0.0799. The smallest absolute Gasteiger partial charge is 0.272 e. The van der Waals surface area contributed by atoms with Crippen molar-refractivity contribution >= 4 is 18.1 Å². The van der Waals surface area contributed by atoms with Gasteiger partial charge in [-0.25, -0.2) is 13.2 Å². The highest BCUT2D eigenvalue weighted by Crippen LogP contribution is 2.21. The van der Waals surface area contributed by atoms with Crippen molar-refractivity contribution in [3.8, 4) is 5.75 Å². The fourth-order valence-electron chi connectivity index (χ4n) is 0.926. The molecule has 0 unspecified atom stereocenters. The van der Waals surface area contributed by atoms with Gasteiger partial charge in [-0.2, -0.15) is 0 Å². The Labute approximate surface area is 91.8 Å². The van der Waals surface area contributed by atoms with Gasteiger partial charge in [0.05, 0.1) is 0 Å². The van der Waals surface area contributed by atoms with E-state index in [4.69, 9.17) is 0 Å². The van der Waals surface area contributed by atoms with Crippen molar-refractivity contribution in [3.05, 3.63) is 24.0 Å². The molecule has 0 aliphatic rings. The Hall–Kier alpha value is -1.10. The van der Waals surface area contributed by atoms with Gasteiger partial charge < -0.3 is 10.1 Å². The maximum absolute atomic E-state index is 13.1. The molecule has 1 N–H and O–H groups in total. The zero-order chi connectivity index (χ0) is 10.6. The molecule has 15 heavy (non-hydrogen) atoms. The molecule has 0 atom stereocenters. The molecule has 1 aromatic rings. The minimum Gasteiger partial charge on any atom is -0.485 e. The quantitative estimate of drug-likeness (QED) is 0.875. The van der Waals surface area contributed by atoms with E-state index in [0.717, 1.165) is 0 Å². The SMILES string of the molecule is CNc1ccc(OCC(F)F)c(F)c1.Cl. The van der Waals surface area contributed by atoms with E-state index in [2.05, 4.69) is 10.1 Å². The molecule has 6 heteroatoms. The lowest BCUT2D eigenvalue weighted by atomic mass is 10.3. The van der Waals surface area contributed by atoms with Crippen LogP contribution in [0.15, 0.2) is 18.2 Å². The second kappa shape index (κ2) is 6.40. The number of rotatable bonds is 4. The number of hydrogen-bond donors (Lipinski definition) is 1. The Bertz CT molecular complexity index is 309. The first-order chi connectivity index (χ1) is 6.63. The third kappa shape index (κ3) is 4.29. The first-order valence-corrected chi connectivity index (χ1v) is 4.01. The Morgan fingerprint density at radius 2 is 2.07 bits per heavy atom. The molecule has 2 nitrogen and oxygen atoms in total. The molecular formula is C9H11ClF3NO. The number of halogens is 4. The monoisotopic (exact) mass is 241 g/mol. The van der Waals surface area contributed by atoms with E-state index in [-0.39, 0.29) is 18.2 Å². The third-order valence-corrected chi connectivity index (χ3v) is 1.59. The summed E-state index contributed by atoms with van der Waals surface area (Å²) in [5.41, 5.74) is 0.562. The summed E-state index contributed by atoms with van der Waals surface area (Å²) < 4.78 is 41.1. The van der Waals surface area contributed by atoms with Gasteiger partial charge in [0.2, 0.25) is 0 Å². The van der Waals surface area contributed by atoms with Crippen LogP contribution in [0.3, 0.4) is 0 Å². The summed E-state index contributed by atoms with van der Waals surface area (Å²) in [5, 5.41) is 2.72. The molecule has 0 aliphatic carbocycles. The molecule has 0 heterocycles. The van der Waals surface area contributed by atoms with Crippen LogP contribution in [0.5, 0.6) is 5.75 Å². The van der Waals surface area contributed by atoms with Gasteiger partial charge in [-0.05, 0) is 12.1 Å². The highest BCUT2D eigenvalue weighted by Gasteiger charge is 2.07. The van der Waals surface area contributed by atoms with E-state index < -0.39 is 18.8 Å². The molecule has 0 radical (unpaired) electrons. The minimum absolute atomic E-state index is 0. The van der Waals surface area contributed by atoms with Crippen molar-refractivity contribution in [2.75, 3.05) is 19.0 Å². The zero-order valence-corrected chi connectivity index (χ0v) is 8.78. The average molecular weight is 242 g/mol. The molecule has 0 bridgehead atoms. The molecule has 0 saturated carbocycles. The normalized spacial score (nSPS) is 9.67. The van der Waals surface area contributed by atoms with Crippen LogP contribution in [0.2, 0.25) is 0 Å². The molecule has 1 rings (SSSR count). The minimum atomic E-state index is -2.60. The van der Waals surface area contributed by atoms with E-state index in [1.807, 2.05) is 0 Å². The molecule has 0 saturated heterocycles. The van der Waals surface area contributed by atoms with Gasteiger partial charge in [0, 0.05) is 18.8 Å². The number of anilines is 1. The second-order valence-electron chi connectivity index (χ2n) is 2.60. The summed E-state index contributed by atoms with van der Waals surface area (Å²) in [6, 6.07) is 4.04. The molecule has 86 valence electrons. The molecule has 0 amide bonds. The van der Waals surface area contributed by atoms with E-state index in [9.17, 15) is 13.2 Å². The largest absolute Gasteiger partial charge is 0.485 e. The Kier molecular flexibility index (Phi) is 5.93. The Balaban J connectivity index is 0.00000196. The van der Waals surface area contributed by atoms with Crippen molar-refractivity contribution in [1.29, 1.82) is 0 Å². The van der Waals surface area contributed by atoms with Gasteiger partial charge in [0.25, 0.3) is 6.43 Å². The summed E-state index contributed by atoms with van der Waals surface area (Å²) in [6.07, 6.45) is -2.60. The van der Waals surface area contributed by atoms with Gasteiger partial charge >= 0.3 is 0 Å². The zero-order valence-electron chi connectivity index (χ0n) is 7.97. The topological polar surface area (TPSA) is 21.3 Å². The standard InChI is InChI=1S/C9H10F3NO.ClH/c1-13-6-2-3-8(7(10)4-6)14-5-9(11)12;/h2-4,9,13H,5H2,1H3;1H. The van der Waals surface area contributed by atoms with Gasteiger partial charge in [0.1, 0.15) is 6.61 Å². The maximum Gasteiger partial charge on any atom is 0.272 e. The lowest BCUT2D eigenvalue weighted by Crippen LogP contribution is -2.08. The average Bonchev–Trinajstić information content (AvgIpc) is 2.15. The van der Waals surface area contributed by atoms with Crippen LogP contribution in [0.25, 0.3) is 0 Å². The first-order valence-electron chi connectivity index (χ1n) is 4.01. The Morgan fingerprint density at radius 3 is 2.53 bits per heavy atom.